The van der Waals surface area contributed by atoms with Gasteiger partial charge in [-0.1, -0.05) is 6.42 Å². The molecular formula is C13H23IN4O2. The summed E-state index contributed by atoms with van der Waals surface area (Å²) in [6.07, 6.45) is 5.31. The summed E-state index contributed by atoms with van der Waals surface area (Å²) in [5.74, 6) is 1.59. The maximum Gasteiger partial charge on any atom is 0.314 e. The number of nitrogens with one attached hydrogen (secondary N) is 2. The molecule has 114 valence electrons. The number of amides is 2. The van der Waals surface area contributed by atoms with Gasteiger partial charge in [0.15, 0.2) is 5.89 Å². The Morgan fingerprint density at radius 1 is 1.55 bits per heavy atom. The van der Waals surface area contributed by atoms with Crippen LogP contribution in [0.25, 0.3) is 0 Å². The minimum absolute atomic E-state index is 0. The molecular weight excluding hydrogens is 371 g/mol. The van der Waals surface area contributed by atoms with Gasteiger partial charge in [-0.15, -0.1) is 24.0 Å². The molecule has 0 aromatic carbocycles. The first-order chi connectivity index (χ1) is 9.19. The molecule has 2 amide bonds. The van der Waals surface area contributed by atoms with E-state index < -0.39 is 0 Å². The molecule has 1 aromatic rings. The van der Waals surface area contributed by atoms with Gasteiger partial charge in [-0.05, 0) is 19.4 Å². The zero-order valence-corrected chi connectivity index (χ0v) is 14.3. The summed E-state index contributed by atoms with van der Waals surface area (Å²) < 4.78 is 5.53. The van der Waals surface area contributed by atoms with E-state index in [0.29, 0.717) is 18.5 Å². The Kier molecular flexibility index (Phi) is 7.28. The molecule has 0 radical (unpaired) electrons. The van der Waals surface area contributed by atoms with Gasteiger partial charge < -0.3 is 15.1 Å². The second-order valence-electron chi connectivity index (χ2n) is 4.93. The van der Waals surface area contributed by atoms with Gasteiger partial charge in [0.1, 0.15) is 5.76 Å². The average molecular weight is 394 g/mol. The van der Waals surface area contributed by atoms with Gasteiger partial charge >= 0.3 is 6.03 Å². The van der Waals surface area contributed by atoms with E-state index >= 15 is 0 Å². The number of hydrogen-bond donors (Lipinski definition) is 2. The van der Waals surface area contributed by atoms with E-state index in [9.17, 15) is 4.79 Å². The van der Waals surface area contributed by atoms with Crippen molar-refractivity contribution in [3.63, 3.8) is 0 Å². The smallest absolute Gasteiger partial charge is 0.314 e. The molecule has 1 atom stereocenters. The normalized spacial score (nSPS) is 19.2. The van der Waals surface area contributed by atoms with Crippen molar-refractivity contribution in [1.82, 2.24) is 20.5 Å². The number of aryl methyl sites for hydroxylation is 1. The van der Waals surface area contributed by atoms with Crippen LogP contribution >= 0.6 is 24.0 Å². The lowest BCUT2D eigenvalue weighted by molar-refractivity contribution is 0.128. The summed E-state index contributed by atoms with van der Waals surface area (Å²) in [6.45, 7) is 4.33. The predicted molar refractivity (Wildman–Crippen MR) is 87.2 cm³/mol. The summed E-state index contributed by atoms with van der Waals surface area (Å²) in [5, 5.41) is 5.46. The number of oxazole rings is 1. The van der Waals surface area contributed by atoms with E-state index in [-0.39, 0.29) is 30.0 Å². The van der Waals surface area contributed by atoms with Crippen molar-refractivity contribution in [3.05, 3.63) is 17.8 Å². The van der Waals surface area contributed by atoms with Crippen LogP contribution in [0.4, 0.5) is 4.79 Å². The molecule has 1 fully saturated rings. The number of nitrogens with zero attached hydrogens (tertiary/aromatic N) is 2. The van der Waals surface area contributed by atoms with Crippen LogP contribution in [-0.2, 0) is 6.54 Å². The number of rotatable bonds is 4. The van der Waals surface area contributed by atoms with Crippen LogP contribution in [0.5, 0.6) is 0 Å². The number of hydrogen-bond acceptors (Lipinski definition) is 4. The summed E-state index contributed by atoms with van der Waals surface area (Å²) in [7, 11) is 1.63. The van der Waals surface area contributed by atoms with Crippen LogP contribution < -0.4 is 10.6 Å². The fourth-order valence-corrected chi connectivity index (χ4v) is 2.48. The first-order valence-corrected chi connectivity index (χ1v) is 6.80. The minimum atomic E-state index is -0.124. The van der Waals surface area contributed by atoms with E-state index in [1.165, 1.54) is 12.8 Å². The number of aromatic nitrogens is 1. The van der Waals surface area contributed by atoms with Crippen molar-refractivity contribution in [2.75, 3.05) is 20.1 Å². The van der Waals surface area contributed by atoms with Crippen LogP contribution in [0.15, 0.2) is 10.6 Å². The van der Waals surface area contributed by atoms with Crippen LogP contribution in [-0.4, -0.2) is 42.1 Å². The van der Waals surface area contributed by atoms with Crippen molar-refractivity contribution < 1.29 is 9.21 Å². The molecule has 1 saturated heterocycles. The number of likely N-dealkylation sites (tertiary alicyclic amines) is 1. The molecule has 1 aliphatic rings. The fourth-order valence-electron chi connectivity index (χ4n) is 2.48. The number of carbonyl (C=O) groups excluding carboxylic acids is 1. The average Bonchev–Trinajstić information content (AvgIpc) is 2.83. The lowest BCUT2D eigenvalue weighted by atomic mass is 10.0. The molecule has 6 nitrogen and oxygen atoms in total. The SMILES string of the molecule is CNC(=O)NCC1CCCCN1Cc1cnc(C)o1.I. The van der Waals surface area contributed by atoms with Crippen molar-refractivity contribution >= 4 is 30.0 Å². The highest BCUT2D eigenvalue weighted by molar-refractivity contribution is 14.0. The van der Waals surface area contributed by atoms with Gasteiger partial charge in [0.25, 0.3) is 0 Å². The van der Waals surface area contributed by atoms with Crippen LogP contribution in [0.2, 0.25) is 0 Å². The molecule has 0 spiro atoms. The Labute approximate surface area is 136 Å². The standard InChI is InChI=1S/C13H22N4O2.HI/c1-10-15-8-12(19-10)9-17-6-4-3-5-11(17)7-16-13(18)14-2;/h8,11H,3-7,9H2,1-2H3,(H2,14,16,18);1H. The molecule has 7 heteroatoms. The van der Waals surface area contributed by atoms with Crippen LogP contribution in [0.3, 0.4) is 0 Å². The highest BCUT2D eigenvalue weighted by atomic mass is 127. The first kappa shape index (κ1) is 17.2. The van der Waals surface area contributed by atoms with Gasteiger partial charge in [-0.2, -0.15) is 0 Å². The van der Waals surface area contributed by atoms with E-state index in [1.54, 1.807) is 13.2 Å². The molecule has 1 aliphatic heterocycles. The quantitative estimate of drug-likeness (QED) is 0.766. The summed E-state index contributed by atoms with van der Waals surface area (Å²) in [6, 6.07) is 0.248. The van der Waals surface area contributed by atoms with Crippen molar-refractivity contribution in [2.24, 2.45) is 0 Å². The Hall–Kier alpha value is -0.830. The molecule has 2 N–H and O–H groups in total. The molecule has 1 aromatic heterocycles. The van der Waals surface area contributed by atoms with Crippen molar-refractivity contribution in [2.45, 2.75) is 38.8 Å². The number of urea groups is 1. The van der Waals surface area contributed by atoms with Gasteiger partial charge in [0.2, 0.25) is 0 Å². The van der Waals surface area contributed by atoms with Crippen LogP contribution in [0, 0.1) is 6.92 Å². The maximum atomic E-state index is 11.3. The lowest BCUT2D eigenvalue weighted by Crippen LogP contribution is -2.47. The highest BCUT2D eigenvalue weighted by Crippen LogP contribution is 2.19. The molecule has 0 bridgehead atoms. The molecule has 0 saturated carbocycles. The summed E-state index contributed by atoms with van der Waals surface area (Å²) in [5.41, 5.74) is 0. The summed E-state index contributed by atoms with van der Waals surface area (Å²) >= 11 is 0. The largest absolute Gasteiger partial charge is 0.445 e. The second-order valence-corrected chi connectivity index (χ2v) is 4.93. The Balaban J connectivity index is 0.00000200. The van der Waals surface area contributed by atoms with Gasteiger partial charge in [-0.3, -0.25) is 4.90 Å². The zero-order valence-electron chi connectivity index (χ0n) is 12.0. The topological polar surface area (TPSA) is 70.4 Å². The highest BCUT2D eigenvalue weighted by Gasteiger charge is 2.23. The second kappa shape index (κ2) is 8.46. The minimum Gasteiger partial charge on any atom is -0.445 e. The number of halogens is 1. The predicted octanol–water partition coefficient (Wildman–Crippen LogP) is 1.88. The monoisotopic (exact) mass is 394 g/mol. The van der Waals surface area contributed by atoms with Gasteiger partial charge in [-0.25, -0.2) is 9.78 Å². The maximum absolute atomic E-state index is 11.3. The van der Waals surface area contributed by atoms with Gasteiger partial charge in [0, 0.05) is 26.6 Å². The lowest BCUT2D eigenvalue weighted by Gasteiger charge is -2.35. The van der Waals surface area contributed by atoms with E-state index in [2.05, 4.69) is 20.5 Å². The Morgan fingerprint density at radius 3 is 3.00 bits per heavy atom. The fraction of sp³-hybridized carbons (Fsp3) is 0.692. The molecule has 2 rings (SSSR count). The van der Waals surface area contributed by atoms with Crippen LogP contribution in [0.1, 0.15) is 30.9 Å². The third-order valence-electron chi connectivity index (χ3n) is 3.50. The van der Waals surface area contributed by atoms with Crippen molar-refractivity contribution in [3.8, 4) is 0 Å². The third-order valence-corrected chi connectivity index (χ3v) is 3.50. The van der Waals surface area contributed by atoms with E-state index in [1.807, 2.05) is 6.92 Å². The third kappa shape index (κ3) is 4.93. The van der Waals surface area contributed by atoms with E-state index in [4.69, 9.17) is 4.42 Å². The molecule has 20 heavy (non-hydrogen) atoms. The van der Waals surface area contributed by atoms with Crippen molar-refractivity contribution in [1.29, 1.82) is 0 Å². The number of carbonyl (C=O) groups is 1. The van der Waals surface area contributed by atoms with E-state index in [0.717, 1.165) is 25.3 Å². The molecule has 2 heterocycles. The first-order valence-electron chi connectivity index (χ1n) is 6.80. The number of piperidine rings is 1. The molecule has 0 aliphatic carbocycles. The molecule has 1 unspecified atom stereocenters. The van der Waals surface area contributed by atoms with Gasteiger partial charge in [0.05, 0.1) is 12.7 Å². The summed E-state index contributed by atoms with van der Waals surface area (Å²) in [4.78, 5) is 17.7. The Morgan fingerprint density at radius 2 is 2.35 bits per heavy atom. The Bertz CT molecular complexity index is 424. The zero-order chi connectivity index (χ0) is 13.7.